The Labute approximate surface area is 158 Å². The number of hydrogen-bond acceptors (Lipinski definition) is 4. The predicted molar refractivity (Wildman–Crippen MR) is 105 cm³/mol. The lowest BCUT2D eigenvalue weighted by atomic mass is 10.1. The third kappa shape index (κ3) is 5.77. The molecule has 0 heterocycles. The molecule has 0 aliphatic heterocycles. The molecule has 0 aliphatic carbocycles. The van der Waals surface area contributed by atoms with Gasteiger partial charge >= 0.3 is 5.97 Å². The normalized spacial score (nSPS) is 10.3. The molecule has 0 saturated carbocycles. The number of carbonyl (C=O) groups excluding carboxylic acids is 2. The van der Waals surface area contributed by atoms with E-state index in [-0.39, 0.29) is 6.61 Å². The highest BCUT2D eigenvalue weighted by atomic mass is 35.5. The van der Waals surface area contributed by atoms with Crippen LogP contribution in [0.3, 0.4) is 0 Å². The van der Waals surface area contributed by atoms with Crippen LogP contribution in [-0.2, 0) is 9.53 Å². The van der Waals surface area contributed by atoms with Gasteiger partial charge in [0.1, 0.15) is 0 Å². The van der Waals surface area contributed by atoms with Crippen LogP contribution in [0, 0.1) is 6.92 Å². The van der Waals surface area contributed by atoms with Crippen LogP contribution in [0.25, 0.3) is 0 Å². The number of anilines is 2. The Balaban J connectivity index is 1.92. The van der Waals surface area contributed by atoms with E-state index in [2.05, 4.69) is 17.6 Å². The lowest BCUT2D eigenvalue weighted by molar-refractivity contribution is -0.119. The van der Waals surface area contributed by atoms with E-state index in [0.29, 0.717) is 22.0 Å². The Morgan fingerprint density at radius 1 is 1.12 bits per heavy atom. The molecule has 0 unspecified atom stereocenters. The second-order valence-corrected chi connectivity index (χ2v) is 6.34. The van der Waals surface area contributed by atoms with Crippen LogP contribution in [-0.4, -0.2) is 25.0 Å². The fourth-order valence-corrected chi connectivity index (χ4v) is 2.61. The van der Waals surface area contributed by atoms with Crippen molar-refractivity contribution in [3.63, 3.8) is 0 Å². The second kappa shape index (κ2) is 9.82. The van der Waals surface area contributed by atoms with E-state index in [4.69, 9.17) is 16.3 Å². The van der Waals surface area contributed by atoms with Crippen LogP contribution in [0.15, 0.2) is 42.5 Å². The Hall–Kier alpha value is -2.53. The number of amides is 1. The van der Waals surface area contributed by atoms with E-state index in [1.807, 2.05) is 25.1 Å². The fourth-order valence-electron chi connectivity index (χ4n) is 2.33. The van der Waals surface area contributed by atoms with Crippen molar-refractivity contribution < 1.29 is 14.3 Å². The van der Waals surface area contributed by atoms with Gasteiger partial charge in [0, 0.05) is 12.2 Å². The van der Waals surface area contributed by atoms with E-state index < -0.39 is 11.9 Å². The molecule has 138 valence electrons. The van der Waals surface area contributed by atoms with Crippen molar-refractivity contribution in [3.8, 4) is 0 Å². The zero-order valence-corrected chi connectivity index (χ0v) is 15.7. The second-order valence-electron chi connectivity index (χ2n) is 5.93. The van der Waals surface area contributed by atoms with Crippen molar-refractivity contribution in [3.05, 3.63) is 58.6 Å². The van der Waals surface area contributed by atoms with Gasteiger partial charge in [0.25, 0.3) is 5.91 Å². The lowest BCUT2D eigenvalue weighted by Crippen LogP contribution is -2.21. The standard InChI is InChI=1S/C20H23ClN2O3/c1-3-4-11-22-17-8-6-5-7-15(17)20(25)26-13-19(24)23-18-10-9-14(2)12-16(18)21/h5-10,12,22H,3-4,11,13H2,1-2H3,(H,23,24). The van der Waals surface area contributed by atoms with Gasteiger partial charge in [-0.25, -0.2) is 4.79 Å². The summed E-state index contributed by atoms with van der Waals surface area (Å²) in [4.78, 5) is 24.3. The smallest absolute Gasteiger partial charge is 0.340 e. The zero-order valence-electron chi connectivity index (χ0n) is 15.0. The summed E-state index contributed by atoms with van der Waals surface area (Å²) >= 11 is 6.08. The minimum atomic E-state index is -0.547. The number of rotatable bonds is 8. The summed E-state index contributed by atoms with van der Waals surface area (Å²) in [5, 5.41) is 6.29. The first kappa shape index (κ1) is 19.8. The molecule has 0 saturated heterocycles. The largest absolute Gasteiger partial charge is 0.452 e. The Morgan fingerprint density at radius 3 is 2.62 bits per heavy atom. The Kier molecular flexibility index (Phi) is 7.48. The van der Waals surface area contributed by atoms with Gasteiger partial charge in [-0.05, 0) is 43.2 Å². The average Bonchev–Trinajstić information content (AvgIpc) is 2.63. The summed E-state index contributed by atoms with van der Waals surface area (Å²) < 4.78 is 5.14. The van der Waals surface area contributed by atoms with Crippen LogP contribution in [0.5, 0.6) is 0 Å². The van der Waals surface area contributed by atoms with E-state index in [1.165, 1.54) is 0 Å². The minimum absolute atomic E-state index is 0.383. The number of nitrogens with one attached hydrogen (secondary N) is 2. The summed E-state index contributed by atoms with van der Waals surface area (Å²) in [5.41, 5.74) is 2.59. The maximum atomic E-state index is 12.3. The van der Waals surface area contributed by atoms with Crippen LogP contribution in [0.1, 0.15) is 35.7 Å². The van der Waals surface area contributed by atoms with Gasteiger partial charge in [-0.15, -0.1) is 0 Å². The molecule has 0 bridgehead atoms. The van der Waals surface area contributed by atoms with E-state index in [0.717, 1.165) is 24.9 Å². The Morgan fingerprint density at radius 2 is 1.88 bits per heavy atom. The molecule has 0 spiro atoms. The molecule has 5 nitrogen and oxygen atoms in total. The number of aryl methyl sites for hydroxylation is 1. The first-order valence-corrected chi connectivity index (χ1v) is 8.95. The van der Waals surface area contributed by atoms with Gasteiger partial charge in [-0.3, -0.25) is 4.79 Å². The third-order valence-electron chi connectivity index (χ3n) is 3.73. The molecule has 0 aromatic heterocycles. The monoisotopic (exact) mass is 374 g/mol. The summed E-state index contributed by atoms with van der Waals surface area (Å²) in [6.07, 6.45) is 2.06. The number of hydrogen-bond donors (Lipinski definition) is 2. The van der Waals surface area contributed by atoms with Crippen molar-refractivity contribution in [2.75, 3.05) is 23.8 Å². The molecule has 0 radical (unpaired) electrons. The van der Waals surface area contributed by atoms with Gasteiger partial charge < -0.3 is 15.4 Å². The molecule has 1 amide bonds. The summed E-state index contributed by atoms with van der Waals surface area (Å²) in [7, 11) is 0. The minimum Gasteiger partial charge on any atom is -0.452 e. The fraction of sp³-hybridized carbons (Fsp3) is 0.300. The van der Waals surface area contributed by atoms with Crippen LogP contribution in [0.2, 0.25) is 5.02 Å². The highest BCUT2D eigenvalue weighted by molar-refractivity contribution is 6.33. The number of esters is 1. The van der Waals surface area contributed by atoms with Crippen molar-refractivity contribution in [1.29, 1.82) is 0 Å². The van der Waals surface area contributed by atoms with Crippen molar-refractivity contribution >= 4 is 34.9 Å². The van der Waals surface area contributed by atoms with Crippen LogP contribution in [0.4, 0.5) is 11.4 Å². The van der Waals surface area contributed by atoms with Gasteiger partial charge in [-0.1, -0.05) is 43.1 Å². The number of para-hydroxylation sites is 1. The predicted octanol–water partition coefficient (Wildman–Crippen LogP) is 4.66. The molecule has 2 rings (SSSR count). The van der Waals surface area contributed by atoms with Gasteiger partial charge in [-0.2, -0.15) is 0 Å². The molecular formula is C20H23ClN2O3. The zero-order chi connectivity index (χ0) is 18.9. The molecule has 0 atom stereocenters. The molecule has 0 fully saturated rings. The molecule has 0 aliphatic rings. The highest BCUT2D eigenvalue weighted by Gasteiger charge is 2.14. The Bertz CT molecular complexity index is 777. The van der Waals surface area contributed by atoms with Crippen LogP contribution >= 0.6 is 11.6 Å². The highest BCUT2D eigenvalue weighted by Crippen LogP contribution is 2.22. The first-order chi connectivity index (χ1) is 12.5. The number of ether oxygens (including phenoxy) is 1. The number of unbranched alkanes of at least 4 members (excludes halogenated alkanes) is 1. The third-order valence-corrected chi connectivity index (χ3v) is 4.04. The maximum absolute atomic E-state index is 12.3. The average molecular weight is 375 g/mol. The van der Waals surface area contributed by atoms with Gasteiger partial charge in [0.2, 0.25) is 0 Å². The summed E-state index contributed by atoms with van der Waals surface area (Å²) in [6, 6.07) is 12.4. The summed E-state index contributed by atoms with van der Waals surface area (Å²) in [6.45, 7) is 4.39. The van der Waals surface area contributed by atoms with Gasteiger partial charge in [0.15, 0.2) is 6.61 Å². The SMILES string of the molecule is CCCCNc1ccccc1C(=O)OCC(=O)Nc1ccc(C)cc1Cl. The quantitative estimate of drug-likeness (QED) is 0.521. The molecular weight excluding hydrogens is 352 g/mol. The van der Waals surface area contributed by atoms with Crippen molar-refractivity contribution in [2.45, 2.75) is 26.7 Å². The summed E-state index contributed by atoms with van der Waals surface area (Å²) in [5.74, 6) is -0.990. The van der Waals surface area contributed by atoms with E-state index >= 15 is 0 Å². The molecule has 26 heavy (non-hydrogen) atoms. The molecule has 6 heteroatoms. The number of benzene rings is 2. The molecule has 2 N–H and O–H groups in total. The first-order valence-electron chi connectivity index (χ1n) is 8.57. The van der Waals surface area contributed by atoms with Gasteiger partial charge in [0.05, 0.1) is 16.3 Å². The molecule has 2 aromatic rings. The van der Waals surface area contributed by atoms with Crippen molar-refractivity contribution in [2.24, 2.45) is 0 Å². The molecule has 2 aromatic carbocycles. The topological polar surface area (TPSA) is 67.4 Å². The van der Waals surface area contributed by atoms with Crippen molar-refractivity contribution in [1.82, 2.24) is 0 Å². The lowest BCUT2D eigenvalue weighted by Gasteiger charge is -2.12. The van der Waals surface area contributed by atoms with E-state index in [9.17, 15) is 9.59 Å². The number of carbonyl (C=O) groups is 2. The number of halogens is 1. The maximum Gasteiger partial charge on any atom is 0.340 e. The van der Waals surface area contributed by atoms with E-state index in [1.54, 1.807) is 24.3 Å². The van der Waals surface area contributed by atoms with Crippen LogP contribution < -0.4 is 10.6 Å².